The van der Waals surface area contributed by atoms with Gasteiger partial charge < -0.3 is 14.8 Å². The first kappa shape index (κ1) is 16.4. The van der Waals surface area contributed by atoms with E-state index in [1.54, 1.807) is 7.11 Å². The Morgan fingerprint density at radius 1 is 1.12 bits per heavy atom. The van der Waals surface area contributed by atoms with Crippen LogP contribution in [0.15, 0.2) is 48.5 Å². The third-order valence-corrected chi connectivity index (χ3v) is 4.27. The Hall–Kier alpha value is -2.49. The third kappa shape index (κ3) is 4.28. The molecule has 0 radical (unpaired) electrons. The summed E-state index contributed by atoms with van der Waals surface area (Å²) in [6.45, 7) is 0. The molecule has 0 unspecified atom stereocenters. The molecule has 0 heterocycles. The molecule has 0 atom stereocenters. The molecular weight excluding hydrogens is 302 g/mol. The maximum absolute atomic E-state index is 12.3. The van der Waals surface area contributed by atoms with Crippen molar-refractivity contribution in [2.24, 2.45) is 0 Å². The SMILES string of the molecule is COc1ccccc1CC(=O)Nc1cccc(OC2CCCC2)c1. The van der Waals surface area contributed by atoms with Crippen molar-refractivity contribution in [3.05, 3.63) is 54.1 Å². The molecule has 0 saturated heterocycles. The van der Waals surface area contributed by atoms with Crippen LogP contribution in [0.2, 0.25) is 0 Å². The highest BCUT2D eigenvalue weighted by molar-refractivity contribution is 5.92. The monoisotopic (exact) mass is 325 g/mol. The number of benzene rings is 2. The van der Waals surface area contributed by atoms with Gasteiger partial charge in [-0.1, -0.05) is 24.3 Å². The van der Waals surface area contributed by atoms with Gasteiger partial charge >= 0.3 is 0 Å². The molecule has 0 aromatic heterocycles. The predicted molar refractivity (Wildman–Crippen MR) is 94.7 cm³/mol. The molecule has 4 nitrogen and oxygen atoms in total. The van der Waals surface area contributed by atoms with Gasteiger partial charge in [0, 0.05) is 17.3 Å². The minimum atomic E-state index is -0.0717. The van der Waals surface area contributed by atoms with Gasteiger partial charge in [-0.25, -0.2) is 0 Å². The number of nitrogens with one attached hydrogen (secondary N) is 1. The molecular formula is C20H23NO3. The average Bonchev–Trinajstić information content (AvgIpc) is 3.08. The summed E-state index contributed by atoms with van der Waals surface area (Å²) in [6, 6.07) is 15.2. The van der Waals surface area contributed by atoms with Gasteiger partial charge in [-0.2, -0.15) is 0 Å². The standard InChI is InChI=1S/C20H23NO3/c1-23-19-12-5-2-7-15(19)13-20(22)21-16-8-6-11-18(14-16)24-17-9-3-4-10-17/h2,5-8,11-12,14,17H,3-4,9-10,13H2,1H3,(H,21,22). The summed E-state index contributed by atoms with van der Waals surface area (Å²) < 4.78 is 11.3. The van der Waals surface area contributed by atoms with Crippen molar-refractivity contribution >= 4 is 11.6 Å². The molecule has 2 aromatic carbocycles. The van der Waals surface area contributed by atoms with Crippen LogP contribution in [0.25, 0.3) is 0 Å². The van der Waals surface area contributed by atoms with E-state index in [-0.39, 0.29) is 12.3 Å². The van der Waals surface area contributed by atoms with Gasteiger partial charge in [0.1, 0.15) is 11.5 Å². The topological polar surface area (TPSA) is 47.6 Å². The van der Waals surface area contributed by atoms with E-state index in [1.807, 2.05) is 48.5 Å². The Morgan fingerprint density at radius 2 is 1.92 bits per heavy atom. The second kappa shape index (κ2) is 7.86. The van der Waals surface area contributed by atoms with Crippen LogP contribution in [0.5, 0.6) is 11.5 Å². The third-order valence-electron chi connectivity index (χ3n) is 4.27. The van der Waals surface area contributed by atoms with Crippen LogP contribution in [-0.2, 0) is 11.2 Å². The zero-order chi connectivity index (χ0) is 16.8. The first-order valence-corrected chi connectivity index (χ1v) is 8.43. The molecule has 1 aliphatic carbocycles. The number of carbonyl (C=O) groups excluding carboxylic acids is 1. The second-order valence-electron chi connectivity index (χ2n) is 6.09. The largest absolute Gasteiger partial charge is 0.496 e. The van der Waals surface area contributed by atoms with Crippen LogP contribution in [0.1, 0.15) is 31.2 Å². The predicted octanol–water partition coefficient (Wildman–Crippen LogP) is 4.20. The van der Waals surface area contributed by atoms with E-state index in [4.69, 9.17) is 9.47 Å². The maximum Gasteiger partial charge on any atom is 0.228 e. The second-order valence-corrected chi connectivity index (χ2v) is 6.09. The van der Waals surface area contributed by atoms with Crippen molar-refractivity contribution in [1.29, 1.82) is 0 Å². The molecule has 4 heteroatoms. The van der Waals surface area contributed by atoms with Gasteiger partial charge in [0.25, 0.3) is 0 Å². The maximum atomic E-state index is 12.3. The minimum absolute atomic E-state index is 0.0717. The minimum Gasteiger partial charge on any atom is -0.496 e. The van der Waals surface area contributed by atoms with Crippen molar-refractivity contribution < 1.29 is 14.3 Å². The Kier molecular flexibility index (Phi) is 5.36. The van der Waals surface area contributed by atoms with Gasteiger partial charge in [-0.3, -0.25) is 4.79 Å². The normalized spacial score (nSPS) is 14.4. The van der Waals surface area contributed by atoms with Crippen LogP contribution in [0.4, 0.5) is 5.69 Å². The number of hydrogen-bond donors (Lipinski definition) is 1. The zero-order valence-electron chi connectivity index (χ0n) is 14.0. The highest BCUT2D eigenvalue weighted by Crippen LogP contribution is 2.26. The smallest absolute Gasteiger partial charge is 0.228 e. The fraction of sp³-hybridized carbons (Fsp3) is 0.350. The van der Waals surface area contributed by atoms with Crippen molar-refractivity contribution in [3.63, 3.8) is 0 Å². The lowest BCUT2D eigenvalue weighted by Crippen LogP contribution is -2.15. The lowest BCUT2D eigenvalue weighted by Gasteiger charge is -2.14. The van der Waals surface area contributed by atoms with E-state index in [0.29, 0.717) is 6.10 Å². The number of hydrogen-bond acceptors (Lipinski definition) is 3. The molecule has 1 amide bonds. The van der Waals surface area contributed by atoms with Crippen molar-refractivity contribution in [1.82, 2.24) is 0 Å². The first-order valence-electron chi connectivity index (χ1n) is 8.43. The summed E-state index contributed by atoms with van der Waals surface area (Å²) in [7, 11) is 1.61. The highest BCUT2D eigenvalue weighted by atomic mass is 16.5. The molecule has 0 aliphatic heterocycles. The molecule has 0 bridgehead atoms. The Bertz CT molecular complexity index is 693. The molecule has 1 saturated carbocycles. The quantitative estimate of drug-likeness (QED) is 0.866. The lowest BCUT2D eigenvalue weighted by molar-refractivity contribution is -0.115. The number of anilines is 1. The summed E-state index contributed by atoms with van der Waals surface area (Å²) in [5, 5.41) is 2.93. The molecule has 1 aliphatic rings. The van der Waals surface area contributed by atoms with Crippen LogP contribution in [-0.4, -0.2) is 19.1 Å². The van der Waals surface area contributed by atoms with Crippen molar-refractivity contribution in [2.45, 2.75) is 38.2 Å². The van der Waals surface area contributed by atoms with E-state index in [9.17, 15) is 4.79 Å². The number of amides is 1. The summed E-state index contributed by atoms with van der Waals surface area (Å²) in [5.41, 5.74) is 1.63. The summed E-state index contributed by atoms with van der Waals surface area (Å²) >= 11 is 0. The van der Waals surface area contributed by atoms with Gasteiger partial charge in [0.2, 0.25) is 5.91 Å². The molecule has 1 fully saturated rings. The van der Waals surface area contributed by atoms with E-state index >= 15 is 0 Å². The Labute approximate surface area is 142 Å². The highest BCUT2D eigenvalue weighted by Gasteiger charge is 2.16. The van der Waals surface area contributed by atoms with E-state index in [1.165, 1.54) is 12.8 Å². The Balaban J connectivity index is 1.61. The Morgan fingerprint density at radius 3 is 2.71 bits per heavy atom. The number of methoxy groups -OCH3 is 1. The first-order chi connectivity index (χ1) is 11.7. The molecule has 0 spiro atoms. The fourth-order valence-corrected chi connectivity index (χ4v) is 3.07. The molecule has 1 N–H and O–H groups in total. The van der Waals surface area contributed by atoms with Gasteiger partial charge in [0.15, 0.2) is 0 Å². The van der Waals surface area contributed by atoms with Crippen LogP contribution in [0.3, 0.4) is 0 Å². The molecule has 24 heavy (non-hydrogen) atoms. The van der Waals surface area contributed by atoms with Gasteiger partial charge in [0.05, 0.1) is 19.6 Å². The van der Waals surface area contributed by atoms with E-state index in [0.717, 1.165) is 35.6 Å². The van der Waals surface area contributed by atoms with E-state index in [2.05, 4.69) is 5.32 Å². The number of carbonyl (C=O) groups is 1. The van der Waals surface area contributed by atoms with Gasteiger partial charge in [-0.05, 0) is 43.9 Å². The van der Waals surface area contributed by atoms with Crippen molar-refractivity contribution in [2.75, 3.05) is 12.4 Å². The fourth-order valence-electron chi connectivity index (χ4n) is 3.07. The van der Waals surface area contributed by atoms with Crippen LogP contribution < -0.4 is 14.8 Å². The number of rotatable bonds is 6. The zero-order valence-corrected chi connectivity index (χ0v) is 14.0. The summed E-state index contributed by atoms with van der Waals surface area (Å²) in [6.07, 6.45) is 5.29. The summed E-state index contributed by atoms with van der Waals surface area (Å²) in [4.78, 5) is 12.3. The number of ether oxygens (including phenoxy) is 2. The molecule has 3 rings (SSSR count). The van der Waals surface area contributed by atoms with Crippen LogP contribution >= 0.6 is 0 Å². The van der Waals surface area contributed by atoms with Crippen LogP contribution in [0, 0.1) is 0 Å². The molecule has 126 valence electrons. The molecule has 2 aromatic rings. The van der Waals surface area contributed by atoms with Gasteiger partial charge in [-0.15, -0.1) is 0 Å². The number of para-hydroxylation sites is 1. The lowest BCUT2D eigenvalue weighted by atomic mass is 10.1. The van der Waals surface area contributed by atoms with E-state index < -0.39 is 0 Å². The average molecular weight is 325 g/mol. The summed E-state index contributed by atoms with van der Waals surface area (Å²) in [5.74, 6) is 1.47. The van der Waals surface area contributed by atoms with Crippen molar-refractivity contribution in [3.8, 4) is 11.5 Å².